The number of hydrogen-bond acceptors (Lipinski definition) is 3. The van der Waals surface area contributed by atoms with Gasteiger partial charge in [0.05, 0.1) is 39.2 Å². The Bertz CT molecular complexity index is 817. The minimum atomic E-state index is -0.331. The molecule has 2 aromatic rings. The molecule has 0 saturated carbocycles. The van der Waals surface area contributed by atoms with Crippen molar-refractivity contribution in [3.05, 3.63) is 65.7 Å². The quantitative estimate of drug-likeness (QED) is 0.590. The third kappa shape index (κ3) is 6.07. The van der Waals surface area contributed by atoms with Crippen molar-refractivity contribution in [1.82, 2.24) is 10.6 Å². The normalized spacial score (nSPS) is 15.9. The van der Waals surface area contributed by atoms with Gasteiger partial charge >= 0.3 is 0 Å². The molecule has 160 valence electrons. The van der Waals surface area contributed by atoms with Crippen LogP contribution in [0.1, 0.15) is 49.4 Å². The van der Waals surface area contributed by atoms with Crippen molar-refractivity contribution in [3.8, 4) is 5.75 Å². The van der Waals surface area contributed by atoms with Crippen LogP contribution in [0, 0.1) is 0 Å². The van der Waals surface area contributed by atoms with Crippen LogP contribution in [0.2, 0.25) is 0 Å². The first-order valence-electron chi connectivity index (χ1n) is 10.6. The number of amides is 2. The van der Waals surface area contributed by atoms with E-state index in [1.165, 1.54) is 30.2 Å². The summed E-state index contributed by atoms with van der Waals surface area (Å²) in [6, 6.07) is 17.6. The number of rotatable bonds is 9. The number of carbonyl (C=O) groups is 2. The largest absolute Gasteiger partial charge is 0.497 e. The van der Waals surface area contributed by atoms with Crippen LogP contribution >= 0.6 is 0 Å². The van der Waals surface area contributed by atoms with Gasteiger partial charge in [0.1, 0.15) is 11.8 Å². The summed E-state index contributed by atoms with van der Waals surface area (Å²) in [5, 5.41) is 6.01. The van der Waals surface area contributed by atoms with Gasteiger partial charge in [0.25, 0.3) is 0 Å². The number of nitrogens with one attached hydrogen (secondary N) is 3. The van der Waals surface area contributed by atoms with Crippen LogP contribution in [0.15, 0.2) is 54.6 Å². The van der Waals surface area contributed by atoms with Gasteiger partial charge < -0.3 is 20.3 Å². The molecule has 0 bridgehead atoms. The standard InChI is InChI=1S/C24H31N3O3/c1-18(28)26-22(19-8-4-3-5-9-19)16-24(29)25-17-23(27-14-6-7-15-27)20-10-12-21(30-2)13-11-20/h3-5,8-13,22-23H,6-7,14-17H2,1-2H3,(H,25,29)(H,26,28)/p+1/t22-,23-/m0/s1. The van der Waals surface area contributed by atoms with E-state index < -0.39 is 0 Å². The fraction of sp³-hybridized carbons (Fsp3) is 0.417. The Morgan fingerprint density at radius 3 is 2.27 bits per heavy atom. The molecular formula is C24H32N3O3+. The Morgan fingerprint density at radius 2 is 1.67 bits per heavy atom. The maximum atomic E-state index is 12.8. The van der Waals surface area contributed by atoms with Crippen molar-refractivity contribution >= 4 is 11.8 Å². The summed E-state index contributed by atoms with van der Waals surface area (Å²) in [6.45, 7) is 4.28. The molecular weight excluding hydrogens is 378 g/mol. The summed E-state index contributed by atoms with van der Waals surface area (Å²) in [4.78, 5) is 25.9. The van der Waals surface area contributed by atoms with Crippen molar-refractivity contribution < 1.29 is 19.2 Å². The number of hydrogen-bond donors (Lipinski definition) is 3. The van der Waals surface area contributed by atoms with Crippen molar-refractivity contribution in [2.24, 2.45) is 0 Å². The van der Waals surface area contributed by atoms with E-state index in [9.17, 15) is 9.59 Å². The van der Waals surface area contributed by atoms with E-state index in [0.717, 1.165) is 24.4 Å². The average molecular weight is 411 g/mol. The van der Waals surface area contributed by atoms with Gasteiger partial charge in [0, 0.05) is 25.3 Å². The number of carbonyl (C=O) groups excluding carboxylic acids is 2. The Balaban J connectivity index is 1.66. The lowest BCUT2D eigenvalue weighted by Crippen LogP contribution is -3.11. The van der Waals surface area contributed by atoms with Crippen LogP contribution in [0.25, 0.3) is 0 Å². The first-order valence-corrected chi connectivity index (χ1v) is 10.6. The number of ether oxygens (including phenoxy) is 1. The van der Waals surface area contributed by atoms with Gasteiger partial charge in [-0.2, -0.15) is 0 Å². The minimum absolute atomic E-state index is 0.0605. The Hall–Kier alpha value is -2.86. The van der Waals surface area contributed by atoms with Crippen molar-refractivity contribution in [2.45, 2.75) is 38.3 Å². The van der Waals surface area contributed by atoms with Gasteiger partial charge in [-0.25, -0.2) is 0 Å². The highest BCUT2D eigenvalue weighted by molar-refractivity contribution is 5.79. The van der Waals surface area contributed by atoms with E-state index in [2.05, 4.69) is 22.8 Å². The molecule has 3 N–H and O–H groups in total. The van der Waals surface area contributed by atoms with Gasteiger partial charge in [-0.05, 0) is 29.8 Å². The predicted octanol–water partition coefficient (Wildman–Crippen LogP) is 1.80. The average Bonchev–Trinajstić information content (AvgIpc) is 3.29. The molecule has 1 fully saturated rings. The fourth-order valence-electron chi connectivity index (χ4n) is 4.17. The molecule has 30 heavy (non-hydrogen) atoms. The van der Waals surface area contributed by atoms with E-state index in [1.807, 2.05) is 42.5 Å². The van der Waals surface area contributed by atoms with Crippen LogP contribution in [-0.2, 0) is 9.59 Å². The fourth-order valence-corrected chi connectivity index (χ4v) is 4.17. The second-order valence-corrected chi connectivity index (χ2v) is 7.86. The van der Waals surface area contributed by atoms with E-state index in [1.54, 1.807) is 7.11 Å². The molecule has 1 aliphatic heterocycles. The zero-order chi connectivity index (χ0) is 21.3. The first-order chi connectivity index (χ1) is 14.6. The van der Waals surface area contributed by atoms with Gasteiger partial charge in [-0.15, -0.1) is 0 Å². The van der Waals surface area contributed by atoms with Gasteiger partial charge in [-0.1, -0.05) is 30.3 Å². The summed E-state index contributed by atoms with van der Waals surface area (Å²) in [7, 11) is 1.66. The van der Waals surface area contributed by atoms with Crippen molar-refractivity contribution in [3.63, 3.8) is 0 Å². The number of likely N-dealkylation sites (tertiary alicyclic amines) is 1. The maximum Gasteiger partial charge on any atom is 0.222 e. The molecule has 6 nitrogen and oxygen atoms in total. The van der Waals surface area contributed by atoms with Crippen molar-refractivity contribution in [2.75, 3.05) is 26.7 Å². The van der Waals surface area contributed by atoms with E-state index in [-0.39, 0.29) is 30.3 Å². The molecule has 2 atom stereocenters. The summed E-state index contributed by atoms with van der Waals surface area (Å²) in [5.41, 5.74) is 2.13. The van der Waals surface area contributed by atoms with Crippen LogP contribution in [0.4, 0.5) is 0 Å². The molecule has 2 aromatic carbocycles. The molecule has 0 radical (unpaired) electrons. The summed E-state index contributed by atoms with van der Waals surface area (Å²) >= 11 is 0. The summed E-state index contributed by atoms with van der Waals surface area (Å²) in [6.07, 6.45) is 2.65. The van der Waals surface area contributed by atoms with Gasteiger partial charge in [0.15, 0.2) is 0 Å². The lowest BCUT2D eigenvalue weighted by molar-refractivity contribution is -0.918. The Kier molecular flexibility index (Phi) is 7.85. The Labute approximate surface area is 178 Å². The highest BCUT2D eigenvalue weighted by atomic mass is 16.5. The second kappa shape index (κ2) is 10.8. The topological polar surface area (TPSA) is 71.9 Å². The zero-order valence-corrected chi connectivity index (χ0v) is 17.8. The molecule has 1 aliphatic rings. The van der Waals surface area contributed by atoms with E-state index in [4.69, 9.17) is 4.74 Å². The molecule has 6 heteroatoms. The minimum Gasteiger partial charge on any atom is -0.497 e. The molecule has 0 unspecified atom stereocenters. The van der Waals surface area contributed by atoms with Gasteiger partial charge in [-0.3, -0.25) is 9.59 Å². The molecule has 1 saturated heterocycles. The van der Waals surface area contributed by atoms with Crippen molar-refractivity contribution in [1.29, 1.82) is 0 Å². The monoisotopic (exact) mass is 410 g/mol. The van der Waals surface area contributed by atoms with Crippen LogP contribution in [0.5, 0.6) is 5.75 Å². The Morgan fingerprint density at radius 1 is 1.00 bits per heavy atom. The molecule has 3 rings (SSSR count). The number of methoxy groups -OCH3 is 1. The molecule has 0 spiro atoms. The van der Waals surface area contributed by atoms with Crippen LogP contribution < -0.4 is 20.3 Å². The lowest BCUT2D eigenvalue weighted by Gasteiger charge is -2.26. The van der Waals surface area contributed by atoms with Crippen LogP contribution in [0.3, 0.4) is 0 Å². The smallest absolute Gasteiger partial charge is 0.222 e. The number of quaternary nitrogens is 1. The van der Waals surface area contributed by atoms with Gasteiger partial charge in [0.2, 0.25) is 11.8 Å². The lowest BCUT2D eigenvalue weighted by atomic mass is 10.0. The zero-order valence-electron chi connectivity index (χ0n) is 17.8. The van der Waals surface area contributed by atoms with E-state index >= 15 is 0 Å². The van der Waals surface area contributed by atoms with Crippen LogP contribution in [-0.4, -0.2) is 38.6 Å². The summed E-state index contributed by atoms with van der Waals surface area (Å²) < 4.78 is 5.28. The molecule has 0 aliphatic carbocycles. The first kappa shape index (κ1) is 21.8. The highest BCUT2D eigenvalue weighted by Gasteiger charge is 2.28. The summed E-state index contributed by atoms with van der Waals surface area (Å²) in [5.74, 6) is 0.628. The number of benzene rings is 2. The molecule has 0 aromatic heterocycles. The van der Waals surface area contributed by atoms with E-state index in [0.29, 0.717) is 6.54 Å². The third-order valence-electron chi connectivity index (χ3n) is 5.73. The maximum absolute atomic E-state index is 12.8. The molecule has 1 heterocycles. The second-order valence-electron chi connectivity index (χ2n) is 7.86. The SMILES string of the molecule is COc1ccc([C@H](CNC(=O)C[C@H](NC(C)=O)c2ccccc2)[NH+]2CCCC2)cc1. The third-order valence-corrected chi connectivity index (χ3v) is 5.73. The predicted molar refractivity (Wildman–Crippen MR) is 116 cm³/mol. The molecule has 2 amide bonds. The highest BCUT2D eigenvalue weighted by Crippen LogP contribution is 2.18.